The number of nitro benzene ring substituents is 1. The molecule has 0 unspecified atom stereocenters. The Morgan fingerprint density at radius 1 is 0.867 bits per heavy atom. The van der Waals surface area contributed by atoms with Crippen molar-refractivity contribution in [3.63, 3.8) is 0 Å². The van der Waals surface area contributed by atoms with E-state index in [-0.39, 0.29) is 5.69 Å². The highest BCUT2D eigenvalue weighted by molar-refractivity contribution is 5.86. The van der Waals surface area contributed by atoms with Crippen molar-refractivity contribution in [2.45, 2.75) is 0 Å². The summed E-state index contributed by atoms with van der Waals surface area (Å²) in [7, 11) is 1.61. The Balaban J connectivity index is 1.79. The van der Waals surface area contributed by atoms with Crippen LogP contribution >= 0.6 is 0 Å². The summed E-state index contributed by atoms with van der Waals surface area (Å²) >= 11 is 0. The molecule has 0 spiro atoms. The van der Waals surface area contributed by atoms with E-state index in [0.717, 1.165) is 28.0 Å². The van der Waals surface area contributed by atoms with E-state index in [2.05, 4.69) is 4.98 Å². The number of imidazole rings is 1. The van der Waals surface area contributed by atoms with Crippen LogP contribution in [-0.4, -0.2) is 31.6 Å². The highest BCUT2D eigenvalue weighted by atomic mass is 16.6. The van der Waals surface area contributed by atoms with Gasteiger partial charge in [0.1, 0.15) is 11.6 Å². The molecule has 3 aromatic carbocycles. The number of fused-ring (bicyclic) bond motifs is 2. The highest BCUT2D eigenvalue weighted by Gasteiger charge is 2.18. The maximum atomic E-state index is 11.0. The Kier molecular flexibility index (Phi) is 4.10. The van der Waals surface area contributed by atoms with Gasteiger partial charge in [0.15, 0.2) is 11.3 Å². The van der Waals surface area contributed by atoms with Crippen molar-refractivity contribution in [1.29, 1.82) is 0 Å². The third kappa shape index (κ3) is 2.91. The van der Waals surface area contributed by atoms with E-state index in [9.17, 15) is 10.1 Å². The maximum absolute atomic E-state index is 11.0. The molecule has 5 rings (SSSR count). The summed E-state index contributed by atoms with van der Waals surface area (Å²) in [5, 5.41) is 11.0. The molecule has 0 aliphatic carbocycles. The third-order valence-electron chi connectivity index (χ3n) is 4.84. The quantitative estimate of drug-likeness (QED) is 0.326. The minimum absolute atomic E-state index is 0.0212. The second-order valence-electron chi connectivity index (χ2n) is 6.63. The van der Waals surface area contributed by atoms with E-state index < -0.39 is 4.92 Å². The van der Waals surface area contributed by atoms with Crippen LogP contribution in [0.2, 0.25) is 0 Å². The number of aromatic nitrogens is 4. The summed E-state index contributed by atoms with van der Waals surface area (Å²) in [6, 6.07) is 21.4. The molecule has 0 amide bonds. The molecule has 2 aromatic heterocycles. The van der Waals surface area contributed by atoms with Gasteiger partial charge in [0.05, 0.1) is 23.1 Å². The maximum Gasteiger partial charge on any atom is 0.269 e. The van der Waals surface area contributed by atoms with Gasteiger partial charge >= 0.3 is 0 Å². The lowest BCUT2D eigenvalue weighted by atomic mass is 10.2. The van der Waals surface area contributed by atoms with Gasteiger partial charge in [-0.2, -0.15) is 0 Å². The Bertz CT molecular complexity index is 1390. The SMILES string of the molecule is COc1ccc(-n2c(-c3ccc([N+](=O)[O-])cc3)nc3nc4ccccc4nc32)cc1. The first kappa shape index (κ1) is 17.7. The van der Waals surface area contributed by atoms with Gasteiger partial charge in [-0.25, -0.2) is 15.0 Å². The first-order valence-corrected chi connectivity index (χ1v) is 9.18. The number of ether oxygens (including phenoxy) is 1. The third-order valence-corrected chi connectivity index (χ3v) is 4.84. The lowest BCUT2D eigenvalue weighted by Gasteiger charge is -2.10. The fourth-order valence-electron chi connectivity index (χ4n) is 3.36. The van der Waals surface area contributed by atoms with Crippen LogP contribution < -0.4 is 4.74 Å². The number of methoxy groups -OCH3 is 1. The number of hydrogen-bond acceptors (Lipinski definition) is 6. The zero-order chi connectivity index (χ0) is 20.7. The molecule has 0 fully saturated rings. The van der Waals surface area contributed by atoms with Crippen LogP contribution in [0.15, 0.2) is 72.8 Å². The minimum atomic E-state index is -0.425. The normalized spacial score (nSPS) is 11.1. The minimum Gasteiger partial charge on any atom is -0.497 e. The predicted octanol–water partition coefficient (Wildman–Crippen LogP) is 4.55. The Labute approximate surface area is 170 Å². The number of nitro groups is 1. The summed E-state index contributed by atoms with van der Waals surface area (Å²) in [6.07, 6.45) is 0. The lowest BCUT2D eigenvalue weighted by Crippen LogP contribution is -1.99. The number of non-ortho nitro benzene ring substituents is 1. The first-order valence-electron chi connectivity index (χ1n) is 9.18. The summed E-state index contributed by atoms with van der Waals surface area (Å²) in [5.41, 5.74) is 4.18. The van der Waals surface area contributed by atoms with Crippen LogP contribution in [0.4, 0.5) is 5.69 Å². The monoisotopic (exact) mass is 397 g/mol. The average Bonchev–Trinajstić information content (AvgIpc) is 3.15. The van der Waals surface area contributed by atoms with Gasteiger partial charge in [0, 0.05) is 23.4 Å². The van der Waals surface area contributed by atoms with Crippen LogP contribution in [0, 0.1) is 10.1 Å². The van der Waals surface area contributed by atoms with Crippen LogP contribution in [0.1, 0.15) is 0 Å². The van der Waals surface area contributed by atoms with Gasteiger partial charge in [-0.1, -0.05) is 12.1 Å². The standard InChI is InChI=1S/C22H15N5O3/c1-30-17-12-10-15(11-13-17)26-21(14-6-8-16(9-7-14)27(28)29)25-20-22(26)24-19-5-3-2-4-18(19)23-20/h2-13H,1H3. The molecule has 0 radical (unpaired) electrons. The largest absolute Gasteiger partial charge is 0.497 e. The fraction of sp³-hybridized carbons (Fsp3) is 0.0455. The Hall–Kier alpha value is -4.33. The second kappa shape index (κ2) is 6.93. The van der Waals surface area contributed by atoms with Crippen molar-refractivity contribution in [2.24, 2.45) is 0 Å². The molecule has 0 aliphatic heterocycles. The first-order chi connectivity index (χ1) is 14.6. The Morgan fingerprint density at radius 3 is 2.17 bits per heavy atom. The number of rotatable bonds is 4. The number of benzene rings is 3. The summed E-state index contributed by atoms with van der Waals surface area (Å²) in [5.74, 6) is 1.33. The zero-order valence-electron chi connectivity index (χ0n) is 15.9. The van der Waals surface area contributed by atoms with Crippen molar-refractivity contribution >= 4 is 28.0 Å². The van der Waals surface area contributed by atoms with Gasteiger partial charge < -0.3 is 4.74 Å². The molecule has 0 atom stereocenters. The molecule has 0 saturated heterocycles. The predicted molar refractivity (Wildman–Crippen MR) is 113 cm³/mol. The van der Waals surface area contributed by atoms with E-state index in [1.807, 2.05) is 53.1 Å². The van der Waals surface area contributed by atoms with Gasteiger partial charge in [0.25, 0.3) is 5.69 Å². The molecule has 0 aliphatic rings. The molecule has 8 nitrogen and oxygen atoms in total. The molecule has 0 bridgehead atoms. The summed E-state index contributed by atoms with van der Waals surface area (Å²) < 4.78 is 7.16. The van der Waals surface area contributed by atoms with Crippen molar-refractivity contribution < 1.29 is 9.66 Å². The Morgan fingerprint density at radius 2 is 1.53 bits per heavy atom. The second-order valence-corrected chi connectivity index (χ2v) is 6.63. The molecular weight excluding hydrogens is 382 g/mol. The summed E-state index contributed by atoms with van der Waals surface area (Å²) in [6.45, 7) is 0. The fourth-order valence-corrected chi connectivity index (χ4v) is 3.36. The van der Waals surface area contributed by atoms with E-state index in [1.54, 1.807) is 19.2 Å². The average molecular weight is 397 g/mol. The molecule has 2 heterocycles. The van der Waals surface area contributed by atoms with Crippen LogP contribution in [0.25, 0.3) is 39.4 Å². The van der Waals surface area contributed by atoms with Gasteiger partial charge in [-0.05, 0) is 48.5 Å². The van der Waals surface area contributed by atoms with E-state index in [0.29, 0.717) is 17.1 Å². The van der Waals surface area contributed by atoms with Crippen molar-refractivity contribution in [2.75, 3.05) is 7.11 Å². The molecule has 8 heteroatoms. The number of hydrogen-bond donors (Lipinski definition) is 0. The van der Waals surface area contributed by atoms with Crippen LogP contribution in [-0.2, 0) is 0 Å². The highest BCUT2D eigenvalue weighted by Crippen LogP contribution is 2.30. The van der Waals surface area contributed by atoms with Crippen LogP contribution in [0.3, 0.4) is 0 Å². The topological polar surface area (TPSA) is 96.0 Å². The molecule has 0 N–H and O–H groups in total. The van der Waals surface area contributed by atoms with Crippen molar-refractivity contribution in [3.8, 4) is 22.8 Å². The molecule has 146 valence electrons. The van der Waals surface area contributed by atoms with E-state index in [1.165, 1.54) is 12.1 Å². The van der Waals surface area contributed by atoms with Crippen molar-refractivity contribution in [3.05, 3.63) is 82.9 Å². The van der Waals surface area contributed by atoms with Crippen LogP contribution in [0.5, 0.6) is 5.75 Å². The molecular formula is C22H15N5O3. The number of nitrogens with zero attached hydrogens (tertiary/aromatic N) is 5. The number of para-hydroxylation sites is 2. The van der Waals surface area contributed by atoms with Crippen molar-refractivity contribution in [1.82, 2.24) is 19.5 Å². The van der Waals surface area contributed by atoms with Gasteiger partial charge in [-0.15, -0.1) is 0 Å². The van der Waals surface area contributed by atoms with Gasteiger partial charge in [0.2, 0.25) is 0 Å². The smallest absolute Gasteiger partial charge is 0.269 e. The summed E-state index contributed by atoms with van der Waals surface area (Å²) in [4.78, 5) is 24.8. The molecule has 30 heavy (non-hydrogen) atoms. The molecule has 0 saturated carbocycles. The molecule has 5 aromatic rings. The van der Waals surface area contributed by atoms with E-state index >= 15 is 0 Å². The van der Waals surface area contributed by atoms with E-state index in [4.69, 9.17) is 14.7 Å². The zero-order valence-corrected chi connectivity index (χ0v) is 15.9. The lowest BCUT2D eigenvalue weighted by molar-refractivity contribution is -0.384. The van der Waals surface area contributed by atoms with Gasteiger partial charge in [-0.3, -0.25) is 14.7 Å².